The summed E-state index contributed by atoms with van der Waals surface area (Å²) in [6.07, 6.45) is 4.91. The number of fused-ring (bicyclic) bond motifs is 1. The molecule has 2 saturated heterocycles. The van der Waals surface area contributed by atoms with Crippen LogP contribution in [0.15, 0.2) is 46.0 Å². The quantitative estimate of drug-likeness (QED) is 0.403. The second-order valence-electron chi connectivity index (χ2n) is 13.1. The van der Waals surface area contributed by atoms with E-state index in [9.17, 15) is 22.4 Å². The number of urea groups is 1. The maximum atomic E-state index is 14.8. The maximum absolute atomic E-state index is 14.8. The summed E-state index contributed by atoms with van der Waals surface area (Å²) in [6.45, 7) is 6.28. The molecule has 0 spiro atoms. The van der Waals surface area contributed by atoms with Crippen LogP contribution in [0.5, 0.6) is 0 Å². The number of thiazole rings is 1. The van der Waals surface area contributed by atoms with Gasteiger partial charge < -0.3 is 19.9 Å². The second-order valence-corrected chi connectivity index (χ2v) is 16.0. The predicted octanol–water partition coefficient (Wildman–Crippen LogP) is 2.49. The molecule has 246 valence electrons. The van der Waals surface area contributed by atoms with Crippen LogP contribution in [0.1, 0.15) is 48.4 Å². The summed E-state index contributed by atoms with van der Waals surface area (Å²) < 4.78 is 46.1. The number of piperazine rings is 1. The Morgan fingerprint density at radius 3 is 2.67 bits per heavy atom. The van der Waals surface area contributed by atoms with Gasteiger partial charge in [-0.3, -0.25) is 9.89 Å². The fourth-order valence-corrected chi connectivity index (χ4v) is 9.44. The van der Waals surface area contributed by atoms with Gasteiger partial charge in [-0.05, 0) is 50.3 Å². The Balaban J connectivity index is 1.14. The Kier molecular flexibility index (Phi) is 7.53. The van der Waals surface area contributed by atoms with Crippen LogP contribution in [-0.2, 0) is 19.6 Å². The predicted molar refractivity (Wildman–Crippen MR) is 170 cm³/mol. The van der Waals surface area contributed by atoms with E-state index in [0.717, 1.165) is 0 Å². The van der Waals surface area contributed by atoms with E-state index in [2.05, 4.69) is 15.2 Å². The lowest BCUT2D eigenvalue weighted by Crippen LogP contribution is -2.83. The molecule has 2 amide bonds. The monoisotopic (exact) mass is 671 g/mol. The Morgan fingerprint density at radius 1 is 1.24 bits per heavy atom. The molecule has 2 atom stereocenters. The first-order valence-electron chi connectivity index (χ1n) is 15.5. The average molecular weight is 672 g/mol. The first kappa shape index (κ1) is 31.2. The standard InChI is InChI=1S/C31H38FN7O5S2/c1-5-44-28(40)24-23(34-26(27-33-9-12-45-27)35-25(24)21-7-6-8-22(32)19(21)2)15-37-10-11-38-20(13-37)14-39(29(38)41)31-16-30(17-31,18-31)36(3)46(4,42)43/h6-9,12,20,25H,5,10-11,13-18H2,1-4H3,(H,34,35)/t20-,25-,30?,31?/m0/s1. The zero-order chi connectivity index (χ0) is 32.6. The minimum absolute atomic E-state index is 0.0158. The van der Waals surface area contributed by atoms with Crippen molar-refractivity contribution < 1.29 is 27.1 Å². The van der Waals surface area contributed by atoms with E-state index >= 15 is 0 Å². The number of amidine groups is 1. The van der Waals surface area contributed by atoms with E-state index in [1.165, 1.54) is 28.0 Å². The summed E-state index contributed by atoms with van der Waals surface area (Å²) in [5.41, 5.74) is 1.28. The number of halogens is 1. The summed E-state index contributed by atoms with van der Waals surface area (Å²) in [6, 6.07) is 3.98. The fourth-order valence-electron chi connectivity index (χ4n) is 7.95. The van der Waals surface area contributed by atoms with Crippen molar-refractivity contribution in [1.29, 1.82) is 0 Å². The number of aromatic nitrogens is 1. The van der Waals surface area contributed by atoms with Crippen LogP contribution in [0, 0.1) is 12.7 Å². The Hall–Kier alpha value is -3.40. The molecule has 1 aromatic heterocycles. The molecule has 8 rings (SSSR count). The van der Waals surface area contributed by atoms with E-state index in [4.69, 9.17) is 9.73 Å². The van der Waals surface area contributed by atoms with Crippen molar-refractivity contribution in [3.8, 4) is 0 Å². The number of carbonyl (C=O) groups excluding carboxylic acids is 2. The first-order valence-corrected chi connectivity index (χ1v) is 18.2. The van der Waals surface area contributed by atoms with E-state index in [-0.39, 0.29) is 35.6 Å². The first-order chi connectivity index (χ1) is 21.9. The van der Waals surface area contributed by atoms with Gasteiger partial charge in [-0.25, -0.2) is 27.4 Å². The van der Waals surface area contributed by atoms with Crippen molar-refractivity contribution in [2.75, 3.05) is 52.6 Å². The minimum atomic E-state index is -3.31. The molecule has 1 N–H and O–H groups in total. The summed E-state index contributed by atoms with van der Waals surface area (Å²) in [5, 5.41) is 5.88. The van der Waals surface area contributed by atoms with Gasteiger partial charge >= 0.3 is 12.0 Å². The molecular weight excluding hydrogens is 634 g/mol. The van der Waals surface area contributed by atoms with E-state index in [1.54, 1.807) is 39.2 Å². The second kappa shape index (κ2) is 11.1. The lowest BCUT2D eigenvalue weighted by molar-refractivity contribution is -0.185. The van der Waals surface area contributed by atoms with Gasteiger partial charge in [0.25, 0.3) is 0 Å². The lowest BCUT2D eigenvalue weighted by atomic mass is 9.43. The van der Waals surface area contributed by atoms with Gasteiger partial charge in [0.05, 0.1) is 30.0 Å². The van der Waals surface area contributed by atoms with Crippen molar-refractivity contribution in [1.82, 2.24) is 29.3 Å². The summed E-state index contributed by atoms with van der Waals surface area (Å²) in [7, 11) is -1.68. The highest BCUT2D eigenvalue weighted by atomic mass is 32.2. The molecule has 15 heteroatoms. The molecule has 2 aromatic rings. The number of esters is 1. The number of nitrogens with zero attached hydrogens (tertiary/aromatic N) is 6. The largest absolute Gasteiger partial charge is 0.463 e. The highest BCUT2D eigenvalue weighted by Gasteiger charge is 2.75. The van der Waals surface area contributed by atoms with Crippen LogP contribution in [0.25, 0.3) is 0 Å². The molecule has 6 aliphatic rings. The number of benzene rings is 1. The molecule has 3 aliphatic heterocycles. The van der Waals surface area contributed by atoms with E-state index in [1.807, 2.05) is 15.2 Å². The summed E-state index contributed by atoms with van der Waals surface area (Å²) in [4.78, 5) is 42.6. The number of amides is 2. The van der Waals surface area contributed by atoms with Crippen LogP contribution in [0.4, 0.5) is 9.18 Å². The molecule has 2 bridgehead atoms. The molecule has 0 unspecified atom stereocenters. The lowest BCUT2D eigenvalue weighted by Gasteiger charge is -2.74. The normalized spacial score (nSPS) is 29.3. The Labute approximate surface area is 272 Å². The van der Waals surface area contributed by atoms with Gasteiger partial charge in [-0.1, -0.05) is 12.1 Å². The van der Waals surface area contributed by atoms with Crippen molar-refractivity contribution in [3.63, 3.8) is 0 Å². The average Bonchev–Trinajstić information content (AvgIpc) is 3.61. The van der Waals surface area contributed by atoms with Crippen LogP contribution in [0.3, 0.4) is 0 Å². The highest BCUT2D eigenvalue weighted by molar-refractivity contribution is 7.88. The SMILES string of the molecule is CCOC(=O)C1=C(CN2CCN3C(=O)N(C45CC(N(C)S(C)(=O)=O)(C4)C5)C[C@@H]3C2)NC(c2nccs2)=N[C@H]1c1cccc(F)c1C. The Morgan fingerprint density at radius 2 is 2.00 bits per heavy atom. The van der Waals surface area contributed by atoms with E-state index in [0.29, 0.717) is 85.2 Å². The summed E-state index contributed by atoms with van der Waals surface area (Å²) >= 11 is 1.41. The fraction of sp³-hybridized carbons (Fsp3) is 0.548. The zero-order valence-corrected chi connectivity index (χ0v) is 28.0. The van der Waals surface area contributed by atoms with Crippen LogP contribution in [-0.4, -0.2) is 120 Å². The van der Waals surface area contributed by atoms with Gasteiger partial charge in [0, 0.05) is 62.6 Å². The van der Waals surface area contributed by atoms with E-state index < -0.39 is 22.0 Å². The number of sulfonamides is 1. The molecule has 1 aromatic carbocycles. The number of hydrogen-bond donors (Lipinski definition) is 1. The van der Waals surface area contributed by atoms with Gasteiger partial charge in [0.1, 0.15) is 11.9 Å². The molecule has 12 nitrogen and oxygen atoms in total. The number of ether oxygens (including phenoxy) is 1. The third kappa shape index (κ3) is 4.93. The number of aliphatic imine (C=N–C) groups is 1. The molecule has 5 fully saturated rings. The van der Waals surface area contributed by atoms with Crippen molar-refractivity contribution in [2.24, 2.45) is 4.99 Å². The topological polar surface area (TPSA) is 128 Å². The van der Waals surface area contributed by atoms with Crippen LogP contribution >= 0.6 is 11.3 Å². The number of hydrogen-bond acceptors (Lipinski definition) is 10. The smallest absolute Gasteiger partial charge is 0.338 e. The van der Waals surface area contributed by atoms with Crippen LogP contribution < -0.4 is 5.32 Å². The molecule has 4 heterocycles. The molecule has 3 saturated carbocycles. The zero-order valence-electron chi connectivity index (χ0n) is 26.3. The minimum Gasteiger partial charge on any atom is -0.463 e. The molecule has 0 radical (unpaired) electrons. The van der Waals surface area contributed by atoms with Crippen molar-refractivity contribution >= 4 is 39.2 Å². The van der Waals surface area contributed by atoms with Gasteiger partial charge in [0.15, 0.2) is 10.8 Å². The maximum Gasteiger partial charge on any atom is 0.338 e. The van der Waals surface area contributed by atoms with Crippen LogP contribution in [0.2, 0.25) is 0 Å². The molecule has 46 heavy (non-hydrogen) atoms. The number of nitrogens with one attached hydrogen (secondary N) is 1. The van der Waals surface area contributed by atoms with Gasteiger partial charge in [0.2, 0.25) is 10.0 Å². The molecule has 3 aliphatic carbocycles. The summed E-state index contributed by atoms with van der Waals surface area (Å²) in [5.74, 6) is -0.391. The Bertz CT molecular complexity index is 1740. The number of rotatable bonds is 9. The van der Waals surface area contributed by atoms with Gasteiger partial charge in [-0.2, -0.15) is 4.31 Å². The third-order valence-electron chi connectivity index (χ3n) is 10.4. The van der Waals surface area contributed by atoms with Gasteiger partial charge in [-0.15, -0.1) is 11.3 Å². The van der Waals surface area contributed by atoms with Crippen molar-refractivity contribution in [2.45, 2.75) is 56.3 Å². The molecular formula is C31H38FN7O5S2. The number of carbonyl (C=O) groups is 2. The van der Waals surface area contributed by atoms with Crippen molar-refractivity contribution in [3.05, 3.63) is 63.0 Å². The highest BCUT2D eigenvalue weighted by Crippen LogP contribution is 2.67. The third-order valence-corrected chi connectivity index (χ3v) is 12.6.